The van der Waals surface area contributed by atoms with Crippen LogP contribution < -0.4 is 4.72 Å². The zero-order valence-electron chi connectivity index (χ0n) is 13.6. The lowest BCUT2D eigenvalue weighted by Crippen LogP contribution is -2.15. The quantitative estimate of drug-likeness (QED) is 0.744. The van der Waals surface area contributed by atoms with Crippen molar-refractivity contribution >= 4 is 15.7 Å². The molecule has 0 fully saturated rings. The van der Waals surface area contributed by atoms with Crippen LogP contribution in [-0.2, 0) is 15.8 Å². The molecule has 2 aromatic carbocycles. The van der Waals surface area contributed by atoms with E-state index in [1.165, 1.54) is 0 Å². The molecule has 5 nitrogen and oxygen atoms in total. The van der Waals surface area contributed by atoms with Gasteiger partial charge in [-0.2, -0.15) is 5.10 Å². The number of rotatable bonds is 5. The van der Waals surface area contributed by atoms with E-state index >= 15 is 0 Å². The predicted octanol–water partition coefficient (Wildman–Crippen LogP) is 3.64. The summed E-state index contributed by atoms with van der Waals surface area (Å²) in [5.74, 6) is -0.0551. The number of nitrogens with zero attached hydrogens (tertiary/aromatic N) is 1. The highest BCUT2D eigenvalue weighted by Gasteiger charge is 2.13. The Kier molecular flexibility index (Phi) is 4.40. The molecule has 1 heterocycles. The van der Waals surface area contributed by atoms with E-state index in [4.69, 9.17) is 0 Å². The van der Waals surface area contributed by atoms with E-state index < -0.39 is 10.0 Å². The predicted molar refractivity (Wildman–Crippen MR) is 96.2 cm³/mol. The van der Waals surface area contributed by atoms with Crippen LogP contribution in [0.15, 0.2) is 54.6 Å². The van der Waals surface area contributed by atoms with Crippen molar-refractivity contribution < 1.29 is 8.42 Å². The molecule has 3 rings (SSSR count). The second-order valence-corrected chi connectivity index (χ2v) is 7.59. The lowest BCUT2D eigenvalue weighted by atomic mass is 10.1. The maximum atomic E-state index is 12.4. The molecule has 0 bridgehead atoms. The first-order chi connectivity index (χ1) is 11.4. The van der Waals surface area contributed by atoms with Gasteiger partial charge in [-0.3, -0.25) is 9.82 Å². The third kappa shape index (κ3) is 4.02. The van der Waals surface area contributed by atoms with Crippen LogP contribution in [-0.4, -0.2) is 18.6 Å². The molecule has 6 heteroatoms. The van der Waals surface area contributed by atoms with Crippen molar-refractivity contribution in [3.05, 3.63) is 71.4 Å². The fourth-order valence-electron chi connectivity index (χ4n) is 2.54. The van der Waals surface area contributed by atoms with Gasteiger partial charge in [0.2, 0.25) is 10.0 Å². The molecule has 0 aliphatic heterocycles. The Hall–Kier alpha value is -2.60. The van der Waals surface area contributed by atoms with Gasteiger partial charge in [0, 0.05) is 16.9 Å². The first-order valence-electron chi connectivity index (χ1n) is 7.60. The van der Waals surface area contributed by atoms with Crippen molar-refractivity contribution in [2.45, 2.75) is 19.6 Å². The van der Waals surface area contributed by atoms with Gasteiger partial charge in [0.15, 0.2) is 0 Å². The summed E-state index contributed by atoms with van der Waals surface area (Å²) < 4.78 is 27.4. The smallest absolute Gasteiger partial charge is 0.236 e. The number of nitrogens with one attached hydrogen (secondary N) is 2. The second kappa shape index (κ2) is 6.49. The molecule has 0 atom stereocenters. The van der Waals surface area contributed by atoms with E-state index in [2.05, 4.69) is 14.9 Å². The maximum absolute atomic E-state index is 12.4. The van der Waals surface area contributed by atoms with Gasteiger partial charge >= 0.3 is 0 Å². The van der Waals surface area contributed by atoms with Crippen molar-refractivity contribution in [3.63, 3.8) is 0 Å². The standard InChI is InChI=1S/C18H19N3O2S/c1-13-5-3-6-15(9-13)12-24(22,23)21-17-8-4-7-16(11-17)18-10-14(2)19-20-18/h3-11,21H,12H2,1-2H3,(H,19,20). The molecule has 0 radical (unpaired) electrons. The van der Waals surface area contributed by atoms with Crippen LogP contribution in [0.25, 0.3) is 11.3 Å². The molecule has 0 unspecified atom stereocenters. The normalized spacial score (nSPS) is 11.4. The molecule has 3 aromatic rings. The van der Waals surface area contributed by atoms with Crippen LogP contribution in [0.5, 0.6) is 0 Å². The average Bonchev–Trinajstić information content (AvgIpc) is 2.93. The summed E-state index contributed by atoms with van der Waals surface area (Å²) in [5.41, 5.74) is 4.93. The SMILES string of the molecule is Cc1cccc(CS(=O)(=O)Nc2cccc(-c3cc(C)[nH]n3)c2)c1. The van der Waals surface area contributed by atoms with Crippen LogP contribution in [0.1, 0.15) is 16.8 Å². The highest BCUT2D eigenvalue weighted by Crippen LogP contribution is 2.22. The van der Waals surface area contributed by atoms with Crippen LogP contribution in [0, 0.1) is 13.8 Å². The van der Waals surface area contributed by atoms with Crippen molar-refractivity contribution in [1.82, 2.24) is 10.2 Å². The van der Waals surface area contributed by atoms with E-state index in [1.807, 2.05) is 56.3 Å². The Morgan fingerprint density at radius 1 is 1.04 bits per heavy atom. The number of aromatic nitrogens is 2. The van der Waals surface area contributed by atoms with Crippen molar-refractivity contribution in [2.24, 2.45) is 0 Å². The Morgan fingerprint density at radius 2 is 1.83 bits per heavy atom. The number of hydrogen-bond donors (Lipinski definition) is 2. The molecule has 0 aliphatic carbocycles. The minimum Gasteiger partial charge on any atom is -0.283 e. The molecule has 0 saturated carbocycles. The van der Waals surface area contributed by atoms with Crippen LogP contribution in [0.3, 0.4) is 0 Å². The largest absolute Gasteiger partial charge is 0.283 e. The Balaban J connectivity index is 1.80. The molecule has 0 amide bonds. The lowest BCUT2D eigenvalue weighted by molar-refractivity contribution is 0.600. The summed E-state index contributed by atoms with van der Waals surface area (Å²) in [4.78, 5) is 0. The number of hydrogen-bond acceptors (Lipinski definition) is 3. The van der Waals surface area contributed by atoms with E-state index in [0.29, 0.717) is 5.69 Å². The Labute approximate surface area is 141 Å². The lowest BCUT2D eigenvalue weighted by Gasteiger charge is -2.09. The molecule has 0 spiro atoms. The Bertz CT molecular complexity index is 962. The van der Waals surface area contributed by atoms with Crippen LogP contribution >= 0.6 is 0 Å². The van der Waals surface area contributed by atoms with E-state index in [0.717, 1.165) is 28.1 Å². The highest BCUT2D eigenvalue weighted by atomic mass is 32.2. The van der Waals surface area contributed by atoms with Crippen molar-refractivity contribution in [1.29, 1.82) is 0 Å². The minimum absolute atomic E-state index is 0.0551. The number of anilines is 1. The number of aromatic amines is 1. The number of H-pyrrole nitrogens is 1. The summed E-state index contributed by atoms with van der Waals surface area (Å²) in [5, 5.41) is 7.08. The van der Waals surface area contributed by atoms with E-state index in [-0.39, 0.29) is 5.75 Å². The molecule has 2 N–H and O–H groups in total. The van der Waals surface area contributed by atoms with Gasteiger partial charge in [-0.1, -0.05) is 42.0 Å². The maximum Gasteiger partial charge on any atom is 0.236 e. The zero-order chi connectivity index (χ0) is 17.2. The Morgan fingerprint density at radius 3 is 2.54 bits per heavy atom. The van der Waals surface area contributed by atoms with Gasteiger partial charge in [-0.25, -0.2) is 8.42 Å². The van der Waals surface area contributed by atoms with Crippen molar-refractivity contribution in [2.75, 3.05) is 4.72 Å². The van der Waals surface area contributed by atoms with E-state index in [9.17, 15) is 8.42 Å². The minimum atomic E-state index is -3.48. The first-order valence-corrected chi connectivity index (χ1v) is 9.25. The summed E-state index contributed by atoms with van der Waals surface area (Å²) in [6.07, 6.45) is 0. The molecule has 124 valence electrons. The molecule has 0 aliphatic rings. The molecule has 24 heavy (non-hydrogen) atoms. The summed E-state index contributed by atoms with van der Waals surface area (Å²) in [6, 6.07) is 16.6. The van der Waals surface area contributed by atoms with Gasteiger partial charge < -0.3 is 0 Å². The average molecular weight is 341 g/mol. The second-order valence-electron chi connectivity index (χ2n) is 5.87. The number of aryl methyl sites for hydroxylation is 2. The zero-order valence-corrected chi connectivity index (χ0v) is 14.4. The van der Waals surface area contributed by atoms with Crippen molar-refractivity contribution in [3.8, 4) is 11.3 Å². The third-order valence-corrected chi connectivity index (χ3v) is 4.84. The van der Waals surface area contributed by atoms with Gasteiger partial charge in [-0.15, -0.1) is 0 Å². The number of benzene rings is 2. The van der Waals surface area contributed by atoms with Gasteiger partial charge in [0.05, 0.1) is 11.4 Å². The third-order valence-electron chi connectivity index (χ3n) is 3.58. The molecular weight excluding hydrogens is 322 g/mol. The molecule has 1 aromatic heterocycles. The topological polar surface area (TPSA) is 74.8 Å². The van der Waals surface area contributed by atoms with Crippen LogP contribution in [0.4, 0.5) is 5.69 Å². The molecule has 0 saturated heterocycles. The fourth-order valence-corrected chi connectivity index (χ4v) is 3.72. The number of sulfonamides is 1. The van der Waals surface area contributed by atoms with Crippen LogP contribution in [0.2, 0.25) is 0 Å². The fraction of sp³-hybridized carbons (Fsp3) is 0.167. The summed E-state index contributed by atoms with van der Waals surface area (Å²) >= 11 is 0. The molecular formula is C18H19N3O2S. The van der Waals surface area contributed by atoms with Gasteiger partial charge in [-0.05, 0) is 37.6 Å². The van der Waals surface area contributed by atoms with Gasteiger partial charge in [0.25, 0.3) is 0 Å². The monoisotopic (exact) mass is 341 g/mol. The highest BCUT2D eigenvalue weighted by molar-refractivity contribution is 7.91. The van der Waals surface area contributed by atoms with E-state index in [1.54, 1.807) is 12.1 Å². The first kappa shape index (κ1) is 16.3. The summed E-state index contributed by atoms with van der Waals surface area (Å²) in [6.45, 7) is 3.86. The van der Waals surface area contributed by atoms with Gasteiger partial charge in [0.1, 0.15) is 0 Å². The summed E-state index contributed by atoms with van der Waals surface area (Å²) in [7, 11) is -3.48.